The number of ether oxygens (including phenoxy) is 1. The van der Waals surface area contributed by atoms with Crippen LogP contribution in [0.15, 0.2) is 16.1 Å². The predicted octanol–water partition coefficient (Wildman–Crippen LogP) is 1.08. The first kappa shape index (κ1) is 18.0. The van der Waals surface area contributed by atoms with E-state index in [-0.39, 0.29) is 29.3 Å². The number of thioether (sulfide) groups is 1. The second-order valence-electron chi connectivity index (χ2n) is 6.52. The summed E-state index contributed by atoms with van der Waals surface area (Å²) in [5.41, 5.74) is 0.496. The van der Waals surface area contributed by atoms with Crippen LogP contribution in [0.3, 0.4) is 0 Å². The molecule has 2 aliphatic heterocycles. The van der Waals surface area contributed by atoms with E-state index in [0.717, 1.165) is 12.8 Å². The van der Waals surface area contributed by atoms with Gasteiger partial charge in [-0.25, -0.2) is 4.98 Å². The van der Waals surface area contributed by atoms with E-state index >= 15 is 0 Å². The maximum atomic E-state index is 12.9. The molecule has 0 spiro atoms. The molecule has 0 N–H and O–H groups in total. The van der Waals surface area contributed by atoms with Crippen molar-refractivity contribution in [2.24, 2.45) is 11.8 Å². The molecule has 1 saturated heterocycles. The highest BCUT2D eigenvalue weighted by atomic mass is 32.2. The van der Waals surface area contributed by atoms with Crippen molar-refractivity contribution in [3.63, 3.8) is 0 Å². The number of aryl methyl sites for hydroxylation is 1. The van der Waals surface area contributed by atoms with Crippen molar-refractivity contribution < 1.29 is 14.3 Å². The number of carbonyl (C=O) groups excluding carboxylic acids is 2. The Balaban J connectivity index is 1.70. The zero-order valence-corrected chi connectivity index (χ0v) is 15.4. The molecule has 2 atom stereocenters. The second-order valence-corrected chi connectivity index (χ2v) is 7.51. The van der Waals surface area contributed by atoms with E-state index in [1.165, 1.54) is 11.8 Å². The van der Waals surface area contributed by atoms with Crippen LogP contribution in [0.1, 0.15) is 25.3 Å². The van der Waals surface area contributed by atoms with Gasteiger partial charge in [-0.1, -0.05) is 11.8 Å². The number of nitrogens with zero attached hydrogens (tertiary/aromatic N) is 3. The number of carbonyl (C=O) groups is 2. The van der Waals surface area contributed by atoms with Crippen molar-refractivity contribution in [3.05, 3.63) is 22.1 Å². The van der Waals surface area contributed by atoms with Crippen LogP contribution in [0, 0.1) is 18.8 Å². The van der Waals surface area contributed by atoms with Crippen LogP contribution in [0.25, 0.3) is 0 Å². The van der Waals surface area contributed by atoms with Crippen molar-refractivity contribution >= 4 is 23.6 Å². The van der Waals surface area contributed by atoms with E-state index in [2.05, 4.69) is 4.98 Å². The van der Waals surface area contributed by atoms with Gasteiger partial charge in [0.05, 0.1) is 18.4 Å². The van der Waals surface area contributed by atoms with E-state index < -0.39 is 0 Å². The monoisotopic (exact) mass is 365 g/mol. The van der Waals surface area contributed by atoms with E-state index in [1.807, 2.05) is 0 Å². The number of piperidine rings is 1. The Morgan fingerprint density at radius 2 is 2.16 bits per heavy atom. The largest absolute Gasteiger partial charge is 0.466 e. The van der Waals surface area contributed by atoms with Crippen LogP contribution in [-0.2, 0) is 20.9 Å². The molecule has 8 heteroatoms. The van der Waals surface area contributed by atoms with E-state index in [4.69, 9.17) is 4.74 Å². The minimum atomic E-state index is -0.264. The number of hydrogen-bond acceptors (Lipinski definition) is 6. The third-order valence-corrected chi connectivity index (χ3v) is 5.85. The maximum absolute atomic E-state index is 12.9. The molecule has 0 saturated carbocycles. The molecule has 1 aromatic rings. The van der Waals surface area contributed by atoms with Crippen molar-refractivity contribution in [1.82, 2.24) is 14.5 Å². The molecule has 136 valence electrons. The normalized spacial score (nSPS) is 23.0. The topological polar surface area (TPSA) is 81.5 Å². The molecule has 1 fully saturated rings. The fourth-order valence-electron chi connectivity index (χ4n) is 3.34. The molecule has 2 aliphatic rings. The first-order valence-corrected chi connectivity index (χ1v) is 9.64. The van der Waals surface area contributed by atoms with E-state index in [1.54, 1.807) is 29.5 Å². The lowest BCUT2D eigenvalue weighted by Gasteiger charge is -2.35. The summed E-state index contributed by atoms with van der Waals surface area (Å²) in [6.07, 6.45) is 3.14. The fraction of sp³-hybridized carbons (Fsp3) is 0.647. The minimum absolute atomic E-state index is 0.0144. The standard InChI is InChI=1S/C17H23N3O4S/c1-3-24-16(23)12-5-4-6-19(8-12)15(22)13-9-20-14(21)11(2)7-18-17(20)25-10-13/h7,12-13H,3-6,8-10H2,1-2H3/t12-,13-/m1/s1. The highest BCUT2D eigenvalue weighted by Crippen LogP contribution is 2.28. The Labute approximate surface area is 150 Å². The lowest BCUT2D eigenvalue weighted by atomic mass is 9.96. The van der Waals surface area contributed by atoms with Gasteiger partial charge in [0.2, 0.25) is 5.91 Å². The average molecular weight is 365 g/mol. The zero-order valence-electron chi connectivity index (χ0n) is 14.6. The summed E-state index contributed by atoms with van der Waals surface area (Å²) in [6, 6.07) is 0. The first-order valence-electron chi connectivity index (χ1n) is 8.66. The third-order valence-electron chi connectivity index (χ3n) is 4.70. The molecule has 0 unspecified atom stereocenters. The molecular weight excluding hydrogens is 342 g/mol. The minimum Gasteiger partial charge on any atom is -0.466 e. The molecule has 3 heterocycles. The molecule has 1 amide bonds. The predicted molar refractivity (Wildman–Crippen MR) is 93.4 cm³/mol. The average Bonchev–Trinajstić information content (AvgIpc) is 2.64. The van der Waals surface area contributed by atoms with Crippen molar-refractivity contribution in [3.8, 4) is 0 Å². The lowest BCUT2D eigenvalue weighted by Crippen LogP contribution is -2.48. The summed E-state index contributed by atoms with van der Waals surface area (Å²) in [5, 5.41) is 0.669. The van der Waals surface area contributed by atoms with Gasteiger partial charge in [-0.2, -0.15) is 0 Å². The van der Waals surface area contributed by atoms with Gasteiger partial charge < -0.3 is 9.64 Å². The van der Waals surface area contributed by atoms with E-state index in [0.29, 0.717) is 42.7 Å². The fourth-order valence-corrected chi connectivity index (χ4v) is 4.38. The number of likely N-dealkylation sites (tertiary alicyclic amines) is 1. The molecule has 1 aromatic heterocycles. The highest BCUT2D eigenvalue weighted by molar-refractivity contribution is 7.99. The zero-order chi connectivity index (χ0) is 18.0. The summed E-state index contributed by atoms with van der Waals surface area (Å²) in [5.74, 6) is -0.109. The van der Waals surface area contributed by atoms with Gasteiger partial charge in [0.15, 0.2) is 5.16 Å². The van der Waals surface area contributed by atoms with Gasteiger partial charge in [0, 0.05) is 37.1 Å². The summed E-state index contributed by atoms with van der Waals surface area (Å²) in [7, 11) is 0. The molecular formula is C17H23N3O4S. The van der Waals surface area contributed by atoms with Crippen LogP contribution < -0.4 is 5.56 Å². The quantitative estimate of drug-likeness (QED) is 0.589. The molecule has 0 radical (unpaired) electrons. The molecule has 0 bridgehead atoms. The Morgan fingerprint density at radius 3 is 2.92 bits per heavy atom. The molecule has 3 rings (SSSR count). The van der Waals surface area contributed by atoms with Gasteiger partial charge >= 0.3 is 5.97 Å². The summed E-state index contributed by atoms with van der Waals surface area (Å²) in [6.45, 7) is 5.29. The number of amides is 1. The van der Waals surface area contributed by atoms with Gasteiger partial charge in [0.25, 0.3) is 5.56 Å². The Hall–Kier alpha value is -1.83. The number of aromatic nitrogens is 2. The van der Waals surface area contributed by atoms with Gasteiger partial charge in [-0.15, -0.1) is 0 Å². The number of rotatable bonds is 3. The molecule has 0 aromatic carbocycles. The SMILES string of the molecule is CCOC(=O)[C@@H]1CCCN(C(=O)[C@H]2CSc3ncc(C)c(=O)n3C2)C1. The van der Waals surface area contributed by atoms with Crippen LogP contribution in [-0.4, -0.2) is 51.8 Å². The highest BCUT2D eigenvalue weighted by Gasteiger charge is 2.34. The summed E-state index contributed by atoms with van der Waals surface area (Å²) in [4.78, 5) is 43.2. The van der Waals surface area contributed by atoms with Crippen LogP contribution >= 0.6 is 11.8 Å². The van der Waals surface area contributed by atoms with Crippen LogP contribution in [0.5, 0.6) is 0 Å². The summed E-state index contributed by atoms with van der Waals surface area (Å²) < 4.78 is 6.69. The third kappa shape index (κ3) is 3.73. The number of fused-ring (bicyclic) bond motifs is 1. The van der Waals surface area contributed by atoms with Crippen LogP contribution in [0.2, 0.25) is 0 Å². The Kier molecular flexibility index (Phi) is 5.46. The Morgan fingerprint density at radius 1 is 1.36 bits per heavy atom. The van der Waals surface area contributed by atoms with Gasteiger partial charge in [-0.3, -0.25) is 19.0 Å². The summed E-state index contributed by atoms with van der Waals surface area (Å²) >= 11 is 1.44. The maximum Gasteiger partial charge on any atom is 0.310 e. The second kappa shape index (κ2) is 7.59. The first-order chi connectivity index (χ1) is 12.0. The van der Waals surface area contributed by atoms with Gasteiger partial charge in [-0.05, 0) is 26.7 Å². The number of esters is 1. The molecule has 25 heavy (non-hydrogen) atoms. The van der Waals surface area contributed by atoms with Crippen molar-refractivity contribution in [2.75, 3.05) is 25.4 Å². The molecule has 7 nitrogen and oxygen atoms in total. The van der Waals surface area contributed by atoms with Crippen LogP contribution in [0.4, 0.5) is 0 Å². The lowest BCUT2D eigenvalue weighted by molar-refractivity contribution is -0.151. The number of hydrogen-bond donors (Lipinski definition) is 0. The molecule has 0 aliphatic carbocycles. The van der Waals surface area contributed by atoms with Gasteiger partial charge in [0.1, 0.15) is 0 Å². The van der Waals surface area contributed by atoms with E-state index in [9.17, 15) is 14.4 Å². The smallest absolute Gasteiger partial charge is 0.310 e. The Bertz CT molecular complexity index is 733. The van der Waals surface area contributed by atoms with Crippen molar-refractivity contribution in [2.45, 2.75) is 38.4 Å². The van der Waals surface area contributed by atoms with Crippen molar-refractivity contribution in [1.29, 1.82) is 0 Å².